The van der Waals surface area contributed by atoms with Gasteiger partial charge in [0.25, 0.3) is 0 Å². The molecule has 1 unspecified atom stereocenters. The van der Waals surface area contributed by atoms with E-state index in [4.69, 9.17) is 9.47 Å². The van der Waals surface area contributed by atoms with Gasteiger partial charge in [-0.2, -0.15) is 0 Å². The smallest absolute Gasteiger partial charge is 0.307 e. The van der Waals surface area contributed by atoms with Crippen LogP contribution in [0.15, 0.2) is 0 Å². The fourth-order valence-electron chi connectivity index (χ4n) is 2.64. The fraction of sp³-hybridized carbons (Fsp3) is 0.929. The Morgan fingerprint density at radius 3 is 2.50 bits per heavy atom. The molecule has 1 atom stereocenters. The Labute approximate surface area is 111 Å². The van der Waals surface area contributed by atoms with Crippen molar-refractivity contribution >= 4 is 5.97 Å². The molecule has 18 heavy (non-hydrogen) atoms. The van der Waals surface area contributed by atoms with Gasteiger partial charge in [0, 0.05) is 19.3 Å². The lowest BCUT2D eigenvalue weighted by Crippen LogP contribution is -2.51. The summed E-state index contributed by atoms with van der Waals surface area (Å²) in [5, 5.41) is 0. The van der Waals surface area contributed by atoms with Gasteiger partial charge in [0.1, 0.15) is 0 Å². The summed E-state index contributed by atoms with van der Waals surface area (Å²) in [6.07, 6.45) is 5.10. The first-order chi connectivity index (χ1) is 8.62. The number of likely N-dealkylation sites (tertiary alicyclic amines) is 1. The number of methoxy groups -OCH3 is 1. The normalized spacial score (nSPS) is 20.4. The van der Waals surface area contributed by atoms with Crippen LogP contribution in [0.5, 0.6) is 0 Å². The first-order valence-electron chi connectivity index (χ1n) is 7.02. The van der Waals surface area contributed by atoms with Crippen molar-refractivity contribution in [3.63, 3.8) is 0 Å². The van der Waals surface area contributed by atoms with Crippen LogP contribution in [0, 0.1) is 0 Å². The summed E-state index contributed by atoms with van der Waals surface area (Å²) in [4.78, 5) is 14.2. The average molecular weight is 257 g/mol. The van der Waals surface area contributed by atoms with Crippen molar-refractivity contribution in [1.82, 2.24) is 4.90 Å². The van der Waals surface area contributed by atoms with Gasteiger partial charge in [-0.1, -0.05) is 6.42 Å². The molecule has 106 valence electrons. The van der Waals surface area contributed by atoms with Gasteiger partial charge < -0.3 is 9.47 Å². The van der Waals surface area contributed by atoms with Crippen LogP contribution in [0.25, 0.3) is 0 Å². The highest BCUT2D eigenvalue weighted by Gasteiger charge is 2.35. The second-order valence-electron chi connectivity index (χ2n) is 5.27. The number of carbonyl (C=O) groups is 1. The molecule has 1 saturated heterocycles. The predicted octanol–water partition coefficient (Wildman–Crippen LogP) is 2.22. The highest BCUT2D eigenvalue weighted by atomic mass is 16.5. The highest BCUT2D eigenvalue weighted by Crippen LogP contribution is 2.28. The number of ether oxygens (including phenoxy) is 2. The van der Waals surface area contributed by atoms with Crippen LogP contribution >= 0.6 is 0 Å². The van der Waals surface area contributed by atoms with Gasteiger partial charge in [-0.25, -0.2) is 0 Å². The lowest BCUT2D eigenvalue weighted by molar-refractivity contribution is -0.147. The van der Waals surface area contributed by atoms with E-state index in [1.807, 2.05) is 6.92 Å². The number of piperidine rings is 1. The van der Waals surface area contributed by atoms with Crippen molar-refractivity contribution in [2.75, 3.05) is 33.4 Å². The van der Waals surface area contributed by atoms with Crippen molar-refractivity contribution < 1.29 is 14.3 Å². The molecule has 0 aliphatic carbocycles. The monoisotopic (exact) mass is 257 g/mol. The summed E-state index contributed by atoms with van der Waals surface area (Å²) in [5.41, 5.74) is -0.122. The van der Waals surface area contributed by atoms with Gasteiger partial charge >= 0.3 is 5.97 Å². The Bertz CT molecular complexity index is 251. The first-order valence-corrected chi connectivity index (χ1v) is 7.02. The molecule has 0 spiro atoms. The molecule has 1 fully saturated rings. The molecular formula is C14H27NO3. The van der Waals surface area contributed by atoms with Gasteiger partial charge in [0.15, 0.2) is 0 Å². The molecule has 0 aromatic heterocycles. The van der Waals surface area contributed by atoms with Crippen LogP contribution < -0.4 is 0 Å². The summed E-state index contributed by atoms with van der Waals surface area (Å²) < 4.78 is 10.3. The van der Waals surface area contributed by atoms with Gasteiger partial charge in [-0.15, -0.1) is 0 Å². The van der Waals surface area contributed by atoms with E-state index >= 15 is 0 Å². The molecule has 1 rings (SSSR count). The zero-order chi connectivity index (χ0) is 13.4. The number of nitrogens with zero attached hydrogens (tertiary/aromatic N) is 1. The molecule has 0 saturated carbocycles. The summed E-state index contributed by atoms with van der Waals surface area (Å²) in [5.74, 6) is -0.0957. The quantitative estimate of drug-likeness (QED) is 0.656. The third-order valence-electron chi connectivity index (χ3n) is 3.79. The van der Waals surface area contributed by atoms with E-state index in [2.05, 4.69) is 11.8 Å². The van der Waals surface area contributed by atoms with E-state index in [0.717, 1.165) is 19.5 Å². The second kappa shape index (κ2) is 7.74. The summed E-state index contributed by atoms with van der Waals surface area (Å²) in [6.45, 7) is 7.32. The van der Waals surface area contributed by atoms with Crippen molar-refractivity contribution in [2.24, 2.45) is 0 Å². The van der Waals surface area contributed by atoms with E-state index in [9.17, 15) is 4.79 Å². The first kappa shape index (κ1) is 15.4. The van der Waals surface area contributed by atoms with Crippen molar-refractivity contribution in [3.8, 4) is 0 Å². The Hall–Kier alpha value is -0.610. The minimum atomic E-state index is -0.122. The third-order valence-corrected chi connectivity index (χ3v) is 3.79. The number of hydrogen-bond acceptors (Lipinski definition) is 4. The van der Waals surface area contributed by atoms with Crippen LogP contribution in [-0.4, -0.2) is 49.8 Å². The molecule has 0 bridgehead atoms. The Kier molecular flexibility index (Phi) is 6.65. The maximum atomic E-state index is 11.8. The summed E-state index contributed by atoms with van der Waals surface area (Å²) >= 11 is 0. The molecule has 1 heterocycles. The lowest BCUT2D eigenvalue weighted by atomic mass is 9.89. The number of hydrogen-bond donors (Lipinski definition) is 0. The standard InChI is InChI=1S/C14H27NO3/c1-4-18-13(16)12-14(2,8-11-17-3)15-9-6-5-7-10-15/h4-12H2,1-3H3. The lowest BCUT2D eigenvalue weighted by Gasteiger charge is -2.43. The topological polar surface area (TPSA) is 38.8 Å². The van der Waals surface area contributed by atoms with Crippen molar-refractivity contribution in [3.05, 3.63) is 0 Å². The highest BCUT2D eigenvalue weighted by molar-refractivity contribution is 5.70. The van der Waals surface area contributed by atoms with Crippen molar-refractivity contribution in [2.45, 2.75) is 51.5 Å². The number of carbonyl (C=O) groups excluding carboxylic acids is 1. The minimum absolute atomic E-state index is 0.0957. The van der Waals surface area contributed by atoms with Crippen LogP contribution in [0.1, 0.15) is 46.0 Å². The van der Waals surface area contributed by atoms with Gasteiger partial charge in [-0.05, 0) is 46.2 Å². The number of rotatable bonds is 7. The Morgan fingerprint density at radius 1 is 1.28 bits per heavy atom. The van der Waals surface area contributed by atoms with Crippen LogP contribution in [0.3, 0.4) is 0 Å². The third kappa shape index (κ3) is 4.58. The maximum absolute atomic E-state index is 11.8. The van der Waals surface area contributed by atoms with Crippen LogP contribution in [0.4, 0.5) is 0 Å². The Morgan fingerprint density at radius 2 is 1.94 bits per heavy atom. The van der Waals surface area contributed by atoms with Crippen molar-refractivity contribution in [1.29, 1.82) is 0 Å². The minimum Gasteiger partial charge on any atom is -0.466 e. The fourth-order valence-corrected chi connectivity index (χ4v) is 2.64. The molecule has 0 radical (unpaired) electrons. The van der Waals surface area contributed by atoms with E-state index in [-0.39, 0.29) is 11.5 Å². The van der Waals surface area contributed by atoms with E-state index < -0.39 is 0 Å². The molecule has 1 aliphatic heterocycles. The molecule has 1 aliphatic rings. The van der Waals surface area contributed by atoms with Crippen LogP contribution in [-0.2, 0) is 14.3 Å². The molecule has 4 heteroatoms. The van der Waals surface area contributed by atoms with Gasteiger partial charge in [-0.3, -0.25) is 9.69 Å². The van der Waals surface area contributed by atoms with E-state index in [1.165, 1.54) is 19.3 Å². The zero-order valence-electron chi connectivity index (χ0n) is 12.0. The van der Waals surface area contributed by atoms with E-state index in [1.54, 1.807) is 7.11 Å². The zero-order valence-corrected chi connectivity index (χ0v) is 12.0. The molecule has 0 aromatic carbocycles. The summed E-state index contributed by atoms with van der Waals surface area (Å²) in [6, 6.07) is 0. The van der Waals surface area contributed by atoms with Gasteiger partial charge in [0.2, 0.25) is 0 Å². The van der Waals surface area contributed by atoms with Gasteiger partial charge in [0.05, 0.1) is 13.0 Å². The SMILES string of the molecule is CCOC(=O)CC(C)(CCOC)N1CCCCC1. The molecular weight excluding hydrogens is 230 g/mol. The molecule has 0 amide bonds. The maximum Gasteiger partial charge on any atom is 0.307 e. The molecule has 0 aromatic rings. The molecule has 4 nitrogen and oxygen atoms in total. The van der Waals surface area contributed by atoms with Crippen LogP contribution in [0.2, 0.25) is 0 Å². The summed E-state index contributed by atoms with van der Waals surface area (Å²) in [7, 11) is 1.71. The molecule has 0 N–H and O–H groups in total. The van der Waals surface area contributed by atoms with E-state index in [0.29, 0.717) is 19.6 Å². The largest absolute Gasteiger partial charge is 0.466 e. The Balaban J connectivity index is 2.63. The average Bonchev–Trinajstić information content (AvgIpc) is 2.38. The predicted molar refractivity (Wildman–Crippen MR) is 71.6 cm³/mol. The number of esters is 1. The second-order valence-corrected chi connectivity index (χ2v) is 5.27.